The first-order valence-electron chi connectivity index (χ1n) is 8.65. The quantitative estimate of drug-likeness (QED) is 0.458. The molecule has 0 heterocycles. The summed E-state index contributed by atoms with van der Waals surface area (Å²) in [5, 5.41) is 4.65. The molecule has 0 aliphatic carbocycles. The third-order valence-corrected chi connectivity index (χ3v) is 4.12. The van der Waals surface area contributed by atoms with Crippen molar-refractivity contribution in [2.75, 3.05) is 6.61 Å². The summed E-state index contributed by atoms with van der Waals surface area (Å²) in [6.07, 6.45) is 0.175. The molecule has 0 aromatic heterocycles. The van der Waals surface area contributed by atoms with Gasteiger partial charge in [-0.1, -0.05) is 60.7 Å². The highest BCUT2D eigenvalue weighted by atomic mass is 32.1. The molecule has 6 nitrogen and oxygen atoms in total. The van der Waals surface area contributed by atoms with Crippen LogP contribution in [0.3, 0.4) is 0 Å². The van der Waals surface area contributed by atoms with Crippen molar-refractivity contribution >= 4 is 39.9 Å². The molecule has 142 valence electrons. The molecule has 0 radical (unpaired) electrons. The standard InChI is InChI=1S/C21H19N3O3S/c25-19(13-16-9-6-8-15-7-4-5-12-18(15)16)22-21(28)24-23-20(26)14-27-17-10-2-1-3-11-17/h1-12H,13-14H2,(H,23,26)(H2,22,24,25,28). The lowest BCUT2D eigenvalue weighted by molar-refractivity contribution is -0.124. The zero-order chi connectivity index (χ0) is 19.8. The molecule has 2 amide bonds. The zero-order valence-electron chi connectivity index (χ0n) is 15.0. The Morgan fingerprint density at radius 2 is 1.54 bits per heavy atom. The first-order valence-corrected chi connectivity index (χ1v) is 9.06. The molecule has 0 atom stereocenters. The van der Waals surface area contributed by atoms with E-state index in [1.54, 1.807) is 12.1 Å². The first-order chi connectivity index (χ1) is 13.6. The Morgan fingerprint density at radius 3 is 2.36 bits per heavy atom. The average Bonchev–Trinajstić information content (AvgIpc) is 2.72. The second-order valence-corrected chi connectivity index (χ2v) is 6.38. The second-order valence-electron chi connectivity index (χ2n) is 5.97. The predicted molar refractivity (Wildman–Crippen MR) is 112 cm³/mol. The fourth-order valence-corrected chi connectivity index (χ4v) is 2.81. The van der Waals surface area contributed by atoms with Gasteiger partial charge in [-0.3, -0.25) is 20.4 Å². The minimum Gasteiger partial charge on any atom is -0.484 e. The number of hydrogen-bond acceptors (Lipinski definition) is 4. The average molecular weight is 393 g/mol. The number of para-hydroxylation sites is 1. The van der Waals surface area contributed by atoms with Crippen LogP contribution in [-0.4, -0.2) is 23.5 Å². The monoisotopic (exact) mass is 393 g/mol. The lowest BCUT2D eigenvalue weighted by Gasteiger charge is -2.12. The second kappa shape index (κ2) is 9.48. The van der Waals surface area contributed by atoms with Crippen LogP contribution in [0.4, 0.5) is 0 Å². The molecular weight excluding hydrogens is 374 g/mol. The van der Waals surface area contributed by atoms with Gasteiger partial charge in [0, 0.05) is 0 Å². The number of benzene rings is 3. The number of thiocarbonyl (C=S) groups is 1. The van der Waals surface area contributed by atoms with E-state index in [9.17, 15) is 9.59 Å². The first kappa shape index (κ1) is 19.3. The van der Waals surface area contributed by atoms with Gasteiger partial charge in [0.1, 0.15) is 5.75 Å². The van der Waals surface area contributed by atoms with Crippen molar-refractivity contribution in [1.82, 2.24) is 16.2 Å². The highest BCUT2D eigenvalue weighted by Crippen LogP contribution is 2.18. The number of carbonyl (C=O) groups is 2. The van der Waals surface area contributed by atoms with Crippen LogP contribution in [-0.2, 0) is 16.0 Å². The number of fused-ring (bicyclic) bond motifs is 1. The summed E-state index contributed by atoms with van der Waals surface area (Å²) >= 11 is 5.04. The van der Waals surface area contributed by atoms with Crippen molar-refractivity contribution < 1.29 is 14.3 Å². The van der Waals surface area contributed by atoms with Crippen LogP contribution in [0.5, 0.6) is 5.75 Å². The highest BCUT2D eigenvalue weighted by Gasteiger charge is 2.09. The largest absolute Gasteiger partial charge is 0.484 e. The molecule has 0 bridgehead atoms. The Hall–Kier alpha value is -3.45. The topological polar surface area (TPSA) is 79.5 Å². The van der Waals surface area contributed by atoms with E-state index >= 15 is 0 Å². The molecule has 3 aromatic carbocycles. The molecule has 0 aliphatic heterocycles. The molecule has 0 fully saturated rings. The third-order valence-electron chi connectivity index (χ3n) is 3.91. The Morgan fingerprint density at radius 1 is 0.821 bits per heavy atom. The number of carbonyl (C=O) groups excluding carboxylic acids is 2. The van der Waals surface area contributed by atoms with Crippen molar-refractivity contribution in [1.29, 1.82) is 0 Å². The number of hydrogen-bond donors (Lipinski definition) is 3. The van der Waals surface area contributed by atoms with E-state index in [0.29, 0.717) is 5.75 Å². The maximum Gasteiger partial charge on any atom is 0.276 e. The van der Waals surface area contributed by atoms with Crippen LogP contribution in [0.1, 0.15) is 5.56 Å². The lowest BCUT2D eigenvalue weighted by atomic mass is 10.0. The molecule has 0 saturated carbocycles. The molecule has 0 spiro atoms. The molecule has 0 saturated heterocycles. The molecule has 7 heteroatoms. The minimum absolute atomic E-state index is 0.0123. The van der Waals surface area contributed by atoms with E-state index in [2.05, 4.69) is 16.2 Å². The Labute approximate surface area is 167 Å². The van der Waals surface area contributed by atoms with Gasteiger partial charge in [-0.15, -0.1) is 0 Å². The summed E-state index contributed by atoms with van der Waals surface area (Å²) in [7, 11) is 0. The van der Waals surface area contributed by atoms with E-state index in [4.69, 9.17) is 17.0 Å². The maximum absolute atomic E-state index is 12.2. The Kier molecular flexibility index (Phi) is 6.54. The third kappa shape index (κ3) is 5.52. The summed E-state index contributed by atoms with van der Waals surface area (Å²) in [4.78, 5) is 24.0. The Balaban J connectivity index is 1.44. The molecule has 28 heavy (non-hydrogen) atoms. The van der Waals surface area contributed by atoms with Crippen LogP contribution in [0.2, 0.25) is 0 Å². The molecule has 3 N–H and O–H groups in total. The summed E-state index contributed by atoms with van der Waals surface area (Å²) in [5.41, 5.74) is 5.78. The zero-order valence-corrected chi connectivity index (χ0v) is 15.8. The summed E-state index contributed by atoms with van der Waals surface area (Å²) < 4.78 is 5.32. The normalized spacial score (nSPS) is 10.1. The van der Waals surface area contributed by atoms with Gasteiger partial charge in [-0.05, 0) is 40.7 Å². The fraction of sp³-hybridized carbons (Fsp3) is 0.0952. The summed E-state index contributed by atoms with van der Waals surface area (Å²) in [6.45, 7) is -0.177. The van der Waals surface area contributed by atoms with Crippen molar-refractivity contribution in [3.63, 3.8) is 0 Å². The maximum atomic E-state index is 12.2. The van der Waals surface area contributed by atoms with Crippen LogP contribution in [0.15, 0.2) is 72.8 Å². The molecule has 0 unspecified atom stereocenters. The van der Waals surface area contributed by atoms with Crippen LogP contribution in [0.25, 0.3) is 10.8 Å². The summed E-state index contributed by atoms with van der Waals surface area (Å²) in [5.74, 6) is -0.109. The van der Waals surface area contributed by atoms with Crippen molar-refractivity contribution in [3.05, 3.63) is 78.4 Å². The van der Waals surface area contributed by atoms with E-state index < -0.39 is 5.91 Å². The van der Waals surface area contributed by atoms with E-state index in [-0.39, 0.29) is 24.0 Å². The molecule has 3 aromatic rings. The number of amides is 2. The highest BCUT2D eigenvalue weighted by molar-refractivity contribution is 7.80. The number of nitrogens with one attached hydrogen (secondary N) is 3. The van der Waals surface area contributed by atoms with Crippen LogP contribution < -0.4 is 20.9 Å². The van der Waals surface area contributed by atoms with Crippen molar-refractivity contribution in [2.45, 2.75) is 6.42 Å². The van der Waals surface area contributed by atoms with Crippen molar-refractivity contribution in [2.24, 2.45) is 0 Å². The minimum atomic E-state index is -0.422. The van der Waals surface area contributed by atoms with Gasteiger partial charge >= 0.3 is 0 Å². The molecule has 0 aliphatic rings. The van der Waals surface area contributed by atoms with Gasteiger partial charge in [0.25, 0.3) is 5.91 Å². The van der Waals surface area contributed by atoms with E-state index in [1.165, 1.54) is 0 Å². The van der Waals surface area contributed by atoms with Gasteiger partial charge < -0.3 is 10.1 Å². The number of ether oxygens (including phenoxy) is 1. The Bertz CT molecular complexity index is 987. The fourth-order valence-electron chi connectivity index (χ4n) is 2.65. The van der Waals surface area contributed by atoms with Gasteiger partial charge in [-0.2, -0.15) is 0 Å². The molecule has 3 rings (SSSR count). The predicted octanol–water partition coefficient (Wildman–Crippen LogP) is 2.48. The number of rotatable bonds is 5. The number of hydrazine groups is 1. The van der Waals surface area contributed by atoms with Gasteiger partial charge in [0.2, 0.25) is 5.91 Å². The smallest absolute Gasteiger partial charge is 0.276 e. The molecular formula is C21H19N3O3S. The van der Waals surface area contributed by atoms with Gasteiger partial charge in [-0.25, -0.2) is 0 Å². The van der Waals surface area contributed by atoms with Crippen LogP contribution >= 0.6 is 12.2 Å². The SMILES string of the molecule is O=C(COc1ccccc1)NNC(=S)NC(=O)Cc1cccc2ccccc12. The van der Waals surface area contributed by atoms with Crippen LogP contribution in [0, 0.1) is 0 Å². The van der Waals surface area contributed by atoms with Crippen molar-refractivity contribution in [3.8, 4) is 5.75 Å². The van der Waals surface area contributed by atoms with Gasteiger partial charge in [0.15, 0.2) is 11.7 Å². The lowest BCUT2D eigenvalue weighted by Crippen LogP contribution is -2.49. The summed E-state index contributed by atoms with van der Waals surface area (Å²) in [6, 6.07) is 22.6. The van der Waals surface area contributed by atoms with E-state index in [0.717, 1.165) is 16.3 Å². The van der Waals surface area contributed by atoms with E-state index in [1.807, 2.05) is 60.7 Å². The van der Waals surface area contributed by atoms with Gasteiger partial charge in [0.05, 0.1) is 6.42 Å².